The number of carbonyl (C=O) groups is 1. The second-order valence-corrected chi connectivity index (χ2v) is 4.46. The van der Waals surface area contributed by atoms with Gasteiger partial charge in [0.25, 0.3) is 9.26 Å². The SMILES string of the molecule is O=C1N=CS(=S(=O)=O)N1. The molecule has 50 valence electrons. The maximum absolute atomic E-state index is 10.2. The molecule has 0 fully saturated rings. The fourth-order valence-electron chi connectivity index (χ4n) is 0.304. The molecule has 2 amide bonds. The van der Waals surface area contributed by atoms with Gasteiger partial charge in [0, 0.05) is 0 Å². The van der Waals surface area contributed by atoms with Crippen LogP contribution in [0, 0.1) is 0 Å². The molecule has 1 aliphatic rings. The van der Waals surface area contributed by atoms with Crippen LogP contribution in [0.15, 0.2) is 4.99 Å². The van der Waals surface area contributed by atoms with E-state index >= 15 is 0 Å². The van der Waals surface area contributed by atoms with Crippen LogP contribution in [-0.4, -0.2) is 20.0 Å². The minimum absolute atomic E-state index is 0.595. The van der Waals surface area contributed by atoms with Crippen LogP contribution < -0.4 is 4.72 Å². The van der Waals surface area contributed by atoms with Crippen molar-refractivity contribution in [2.24, 2.45) is 4.99 Å². The largest absolute Gasteiger partial charge is 0.352 e. The second kappa shape index (κ2) is 2.28. The number of urea groups is 1. The van der Waals surface area contributed by atoms with Crippen molar-refractivity contribution in [1.29, 1.82) is 0 Å². The lowest BCUT2D eigenvalue weighted by molar-refractivity contribution is 0.255. The zero-order chi connectivity index (χ0) is 6.85. The zero-order valence-corrected chi connectivity index (χ0v) is 5.70. The molecular weight excluding hydrogens is 164 g/mol. The third-order valence-electron chi connectivity index (χ3n) is 0.600. The Bertz CT molecular complexity index is 292. The number of aliphatic imine (C=N–C) groups is 1. The van der Waals surface area contributed by atoms with E-state index in [1.165, 1.54) is 0 Å². The van der Waals surface area contributed by atoms with E-state index in [2.05, 4.69) is 9.71 Å². The minimum atomic E-state index is -2.27. The summed E-state index contributed by atoms with van der Waals surface area (Å²) in [4.78, 5) is 13.4. The van der Waals surface area contributed by atoms with E-state index in [-0.39, 0.29) is 0 Å². The molecule has 1 N–H and O–H groups in total. The summed E-state index contributed by atoms with van der Waals surface area (Å²) in [5.74, 6) is 0. The quantitative estimate of drug-likeness (QED) is 0.505. The topological polar surface area (TPSA) is 75.6 Å². The van der Waals surface area contributed by atoms with Gasteiger partial charge in [-0.3, -0.25) is 4.72 Å². The molecule has 7 heteroatoms. The average molecular weight is 166 g/mol. The first-order chi connectivity index (χ1) is 4.20. The first-order valence-electron chi connectivity index (χ1n) is 1.88. The molecule has 1 heterocycles. The number of carbonyl (C=O) groups excluding carboxylic acids is 1. The smallest absolute Gasteiger partial charge is 0.269 e. The van der Waals surface area contributed by atoms with E-state index in [0.717, 1.165) is 5.55 Å². The van der Waals surface area contributed by atoms with E-state index in [1.807, 2.05) is 0 Å². The van der Waals surface area contributed by atoms with Gasteiger partial charge in [-0.15, -0.1) is 0 Å². The van der Waals surface area contributed by atoms with Crippen molar-refractivity contribution in [2.75, 3.05) is 0 Å². The molecule has 9 heavy (non-hydrogen) atoms. The van der Waals surface area contributed by atoms with Crippen LogP contribution in [0.1, 0.15) is 0 Å². The normalized spacial score (nSPS) is 24.0. The summed E-state index contributed by atoms with van der Waals surface area (Å²) < 4.78 is 22.2. The molecule has 1 atom stereocenters. The Labute approximate surface area is 54.0 Å². The van der Waals surface area contributed by atoms with E-state index in [9.17, 15) is 13.2 Å². The van der Waals surface area contributed by atoms with Gasteiger partial charge in [-0.05, 0) is 0 Å². The Morgan fingerprint density at radius 2 is 2.33 bits per heavy atom. The molecule has 0 saturated heterocycles. The predicted octanol–water partition coefficient (Wildman–Crippen LogP) is -0.935. The number of nitrogens with one attached hydrogen (secondary N) is 1. The first-order valence-corrected chi connectivity index (χ1v) is 4.76. The van der Waals surface area contributed by atoms with Crippen LogP contribution in [0.3, 0.4) is 0 Å². The lowest BCUT2D eigenvalue weighted by Crippen LogP contribution is -2.15. The average Bonchev–Trinajstić information content (AvgIpc) is 2.14. The van der Waals surface area contributed by atoms with Gasteiger partial charge < -0.3 is 0 Å². The molecule has 1 unspecified atom stereocenters. The Hall–Kier alpha value is -0.690. The van der Waals surface area contributed by atoms with Crippen molar-refractivity contribution in [2.45, 2.75) is 0 Å². The van der Waals surface area contributed by atoms with Gasteiger partial charge in [-0.2, -0.15) is 13.4 Å². The lowest BCUT2D eigenvalue weighted by Gasteiger charge is -1.82. The number of rotatable bonds is 0. The summed E-state index contributed by atoms with van der Waals surface area (Å²) >= 11 is 0. The fraction of sp³-hybridized carbons (Fsp3) is 0. The van der Waals surface area contributed by atoms with Crippen molar-refractivity contribution < 1.29 is 13.2 Å². The highest BCUT2D eigenvalue weighted by Crippen LogP contribution is 1.86. The number of amides is 2. The number of nitrogens with zero attached hydrogens (tertiary/aromatic N) is 1. The zero-order valence-electron chi connectivity index (χ0n) is 4.07. The van der Waals surface area contributed by atoms with Gasteiger partial charge in [0.15, 0.2) is 0 Å². The molecular formula is C2H2N2O3S2. The summed E-state index contributed by atoms with van der Waals surface area (Å²) in [6.45, 7) is 0. The highest BCUT2D eigenvalue weighted by atomic mass is 32.9. The van der Waals surface area contributed by atoms with Gasteiger partial charge in [0.2, 0.25) is 0 Å². The summed E-state index contributed by atoms with van der Waals surface area (Å²) in [5, 5.41) is 0. The van der Waals surface area contributed by atoms with Gasteiger partial charge in [-0.25, -0.2) is 4.79 Å². The molecule has 1 rings (SSSR count). The molecule has 0 spiro atoms. The summed E-state index contributed by atoms with van der Waals surface area (Å²) in [6, 6.07) is -0.595. The molecule has 1 aliphatic heterocycles. The Morgan fingerprint density at radius 1 is 1.67 bits per heavy atom. The van der Waals surface area contributed by atoms with E-state index < -0.39 is 24.9 Å². The third kappa shape index (κ3) is 1.36. The highest BCUT2D eigenvalue weighted by Gasteiger charge is 2.07. The third-order valence-corrected chi connectivity index (χ3v) is 2.95. The number of hydrogen-bond acceptors (Lipinski definition) is 3. The summed E-state index contributed by atoms with van der Waals surface area (Å²) in [6.07, 6.45) is 0. The summed E-state index contributed by atoms with van der Waals surface area (Å²) in [7, 11) is -3.45. The van der Waals surface area contributed by atoms with E-state index in [1.54, 1.807) is 0 Å². The molecule has 0 aromatic rings. The fourth-order valence-corrected chi connectivity index (χ4v) is 1.67. The lowest BCUT2D eigenvalue weighted by atomic mass is 11.1. The Morgan fingerprint density at radius 3 is 2.56 bits per heavy atom. The molecule has 0 aliphatic carbocycles. The van der Waals surface area contributed by atoms with Gasteiger partial charge in [0.1, 0.15) is 0 Å². The first kappa shape index (κ1) is 6.43. The molecule has 5 nitrogen and oxygen atoms in total. The Kier molecular flexibility index (Phi) is 1.63. The summed E-state index contributed by atoms with van der Waals surface area (Å²) in [5.41, 5.74) is 1.07. The van der Waals surface area contributed by atoms with Crippen LogP contribution in [0.25, 0.3) is 0 Å². The van der Waals surface area contributed by atoms with Crippen molar-refractivity contribution in [3.8, 4) is 0 Å². The minimum Gasteiger partial charge on any atom is -0.269 e. The Balaban J connectivity index is 3.11. The number of hydrogen-bond donors (Lipinski definition) is 1. The van der Waals surface area contributed by atoms with E-state index in [0.29, 0.717) is 0 Å². The molecule has 0 aromatic heterocycles. The van der Waals surface area contributed by atoms with E-state index in [4.69, 9.17) is 0 Å². The van der Waals surface area contributed by atoms with Crippen molar-refractivity contribution in [3.63, 3.8) is 0 Å². The van der Waals surface area contributed by atoms with Crippen molar-refractivity contribution in [3.05, 3.63) is 0 Å². The van der Waals surface area contributed by atoms with Crippen molar-refractivity contribution >= 4 is 30.5 Å². The van der Waals surface area contributed by atoms with Gasteiger partial charge in [-0.1, -0.05) is 0 Å². The van der Waals surface area contributed by atoms with Crippen molar-refractivity contribution in [1.82, 2.24) is 4.72 Å². The van der Waals surface area contributed by atoms with Crippen LogP contribution in [0.4, 0.5) is 4.79 Å². The van der Waals surface area contributed by atoms with Crippen LogP contribution in [-0.2, 0) is 18.9 Å². The molecule has 0 aromatic carbocycles. The monoisotopic (exact) mass is 166 g/mol. The van der Waals surface area contributed by atoms with Crippen LogP contribution in [0.5, 0.6) is 0 Å². The van der Waals surface area contributed by atoms with Crippen LogP contribution >= 0.6 is 0 Å². The van der Waals surface area contributed by atoms with Gasteiger partial charge in [0.05, 0.1) is 15.2 Å². The predicted molar refractivity (Wildman–Crippen MR) is 33.3 cm³/mol. The molecule has 0 radical (unpaired) electrons. The highest BCUT2D eigenvalue weighted by molar-refractivity contribution is 8.40. The molecule has 0 saturated carbocycles. The molecule has 0 bridgehead atoms. The maximum Gasteiger partial charge on any atom is 0.352 e. The van der Waals surface area contributed by atoms with Crippen LogP contribution in [0.2, 0.25) is 0 Å². The second-order valence-electron chi connectivity index (χ2n) is 1.14. The maximum atomic E-state index is 10.2. The standard InChI is InChI=1S/C2H2N2O3S2/c5-2-3-1-8(4-2)9(6)7/h1H,(H,4,5). The van der Waals surface area contributed by atoms with Gasteiger partial charge >= 0.3 is 6.03 Å².